The summed E-state index contributed by atoms with van der Waals surface area (Å²) >= 11 is 0. The third-order valence-electron chi connectivity index (χ3n) is 3.92. The molecule has 0 N–H and O–H groups in total. The largest absolute Gasteiger partial charge is 0.340 e. The van der Waals surface area contributed by atoms with Gasteiger partial charge in [-0.25, -0.2) is 0 Å². The van der Waals surface area contributed by atoms with Crippen LogP contribution in [0.25, 0.3) is 0 Å². The van der Waals surface area contributed by atoms with E-state index in [1.165, 1.54) is 19.4 Å². The average Bonchev–Trinajstić information content (AvgIpc) is 2.36. The molecule has 0 atom stereocenters. The van der Waals surface area contributed by atoms with Gasteiger partial charge in [0.1, 0.15) is 0 Å². The molecule has 0 aromatic carbocycles. The van der Waals surface area contributed by atoms with Gasteiger partial charge in [-0.1, -0.05) is 34.1 Å². The summed E-state index contributed by atoms with van der Waals surface area (Å²) in [5.41, 5.74) is 0. The molecule has 0 bridgehead atoms. The van der Waals surface area contributed by atoms with Gasteiger partial charge in [0.15, 0.2) is 0 Å². The summed E-state index contributed by atoms with van der Waals surface area (Å²) in [6.07, 6.45) is 4.22. The zero-order valence-corrected chi connectivity index (χ0v) is 13.3. The lowest BCUT2D eigenvalue weighted by atomic mass is 10.1. The van der Waals surface area contributed by atoms with E-state index in [-0.39, 0.29) is 0 Å². The molecule has 1 aliphatic heterocycles. The Morgan fingerprint density at radius 2 is 1.53 bits per heavy atom. The number of piperazine rings is 1. The third-order valence-corrected chi connectivity index (χ3v) is 3.92. The lowest BCUT2D eigenvalue weighted by Gasteiger charge is -2.35. The van der Waals surface area contributed by atoms with Gasteiger partial charge in [0.25, 0.3) is 0 Å². The average molecular weight is 268 g/mol. The van der Waals surface area contributed by atoms with E-state index >= 15 is 0 Å². The molecule has 0 radical (unpaired) electrons. The Morgan fingerprint density at radius 3 is 2.05 bits per heavy atom. The predicted molar refractivity (Wildman–Crippen MR) is 81.2 cm³/mol. The van der Waals surface area contributed by atoms with E-state index < -0.39 is 0 Å². The fourth-order valence-corrected chi connectivity index (χ4v) is 2.48. The Kier molecular flexibility index (Phi) is 7.44. The maximum atomic E-state index is 12.1. The first-order valence-corrected chi connectivity index (χ1v) is 7.99. The highest BCUT2D eigenvalue weighted by molar-refractivity contribution is 5.76. The van der Waals surface area contributed by atoms with Crippen LogP contribution in [0.15, 0.2) is 0 Å². The standard InChI is InChI=1S/C16H32N2O/c1-14(2)6-5-7-16(19)18-12-10-17(11-13-18)9-8-15(3)4/h14-15H,5-13H2,1-4H3. The zero-order chi connectivity index (χ0) is 14.3. The zero-order valence-electron chi connectivity index (χ0n) is 13.3. The van der Waals surface area contributed by atoms with Gasteiger partial charge in [0.2, 0.25) is 5.91 Å². The van der Waals surface area contributed by atoms with Crippen LogP contribution in [0, 0.1) is 11.8 Å². The summed E-state index contributed by atoms with van der Waals surface area (Å²) in [5, 5.41) is 0. The molecule has 19 heavy (non-hydrogen) atoms. The molecule has 3 heteroatoms. The second-order valence-corrected chi connectivity index (χ2v) is 6.69. The summed E-state index contributed by atoms with van der Waals surface area (Å²) in [7, 11) is 0. The predicted octanol–water partition coefficient (Wildman–Crippen LogP) is 3.00. The first-order valence-electron chi connectivity index (χ1n) is 7.99. The molecule has 1 saturated heterocycles. The summed E-state index contributed by atoms with van der Waals surface area (Å²) in [6, 6.07) is 0. The molecular formula is C16H32N2O. The normalized spacial score (nSPS) is 17.5. The van der Waals surface area contributed by atoms with Crippen LogP contribution in [0.1, 0.15) is 53.4 Å². The maximum absolute atomic E-state index is 12.1. The summed E-state index contributed by atoms with van der Waals surface area (Å²) in [4.78, 5) is 16.6. The van der Waals surface area contributed by atoms with E-state index in [0.717, 1.165) is 44.9 Å². The molecular weight excluding hydrogens is 236 g/mol. The minimum Gasteiger partial charge on any atom is -0.340 e. The van der Waals surface area contributed by atoms with Crippen molar-refractivity contribution in [3.05, 3.63) is 0 Å². The second kappa shape index (κ2) is 8.57. The first-order chi connectivity index (χ1) is 8.99. The van der Waals surface area contributed by atoms with Crippen molar-refractivity contribution in [3.63, 3.8) is 0 Å². The molecule has 0 saturated carbocycles. The highest BCUT2D eigenvalue weighted by Gasteiger charge is 2.20. The number of amides is 1. The minimum atomic E-state index is 0.365. The first kappa shape index (κ1) is 16.5. The number of hydrogen-bond acceptors (Lipinski definition) is 2. The van der Waals surface area contributed by atoms with E-state index in [9.17, 15) is 4.79 Å². The number of nitrogens with zero attached hydrogens (tertiary/aromatic N) is 2. The van der Waals surface area contributed by atoms with Gasteiger partial charge in [-0.15, -0.1) is 0 Å². The van der Waals surface area contributed by atoms with Crippen LogP contribution in [0.2, 0.25) is 0 Å². The molecule has 1 aliphatic rings. The highest BCUT2D eigenvalue weighted by Crippen LogP contribution is 2.11. The highest BCUT2D eigenvalue weighted by atomic mass is 16.2. The summed E-state index contributed by atoms with van der Waals surface area (Å²) < 4.78 is 0. The quantitative estimate of drug-likeness (QED) is 0.708. The monoisotopic (exact) mass is 268 g/mol. The molecule has 0 aromatic heterocycles. The van der Waals surface area contributed by atoms with Gasteiger partial charge < -0.3 is 4.90 Å². The third kappa shape index (κ3) is 6.95. The fourth-order valence-electron chi connectivity index (χ4n) is 2.48. The van der Waals surface area contributed by atoms with Gasteiger partial charge >= 0.3 is 0 Å². The second-order valence-electron chi connectivity index (χ2n) is 6.69. The Labute approximate surface area is 119 Å². The molecule has 0 spiro atoms. The topological polar surface area (TPSA) is 23.6 Å². The number of carbonyl (C=O) groups excluding carboxylic acids is 1. The molecule has 1 heterocycles. The smallest absolute Gasteiger partial charge is 0.222 e. The number of hydrogen-bond donors (Lipinski definition) is 0. The van der Waals surface area contributed by atoms with Gasteiger partial charge in [-0.3, -0.25) is 9.69 Å². The molecule has 0 aliphatic carbocycles. The molecule has 112 valence electrons. The molecule has 1 rings (SSSR count). The lowest BCUT2D eigenvalue weighted by Crippen LogP contribution is -2.48. The Hall–Kier alpha value is -0.570. The van der Waals surface area contributed by atoms with Crippen molar-refractivity contribution in [3.8, 4) is 0 Å². The van der Waals surface area contributed by atoms with Crippen molar-refractivity contribution in [1.29, 1.82) is 0 Å². The Morgan fingerprint density at radius 1 is 0.947 bits per heavy atom. The Bertz CT molecular complexity index is 255. The molecule has 3 nitrogen and oxygen atoms in total. The van der Waals surface area contributed by atoms with Crippen molar-refractivity contribution in [2.75, 3.05) is 32.7 Å². The Balaban J connectivity index is 2.16. The SMILES string of the molecule is CC(C)CCCC(=O)N1CCN(CCC(C)C)CC1. The van der Waals surface area contributed by atoms with Crippen LogP contribution in [0.4, 0.5) is 0 Å². The van der Waals surface area contributed by atoms with E-state index in [0.29, 0.717) is 11.8 Å². The van der Waals surface area contributed by atoms with Gasteiger partial charge in [-0.2, -0.15) is 0 Å². The molecule has 1 fully saturated rings. The van der Waals surface area contributed by atoms with Crippen LogP contribution < -0.4 is 0 Å². The van der Waals surface area contributed by atoms with Crippen molar-refractivity contribution < 1.29 is 4.79 Å². The van der Waals surface area contributed by atoms with Crippen molar-refractivity contribution in [2.45, 2.75) is 53.4 Å². The van der Waals surface area contributed by atoms with Gasteiger partial charge in [-0.05, 0) is 31.2 Å². The van der Waals surface area contributed by atoms with Crippen LogP contribution >= 0.6 is 0 Å². The van der Waals surface area contributed by atoms with E-state index in [1.807, 2.05) is 0 Å². The van der Waals surface area contributed by atoms with Crippen LogP contribution in [-0.4, -0.2) is 48.4 Å². The van der Waals surface area contributed by atoms with Crippen LogP contribution in [0.3, 0.4) is 0 Å². The summed E-state index contributed by atoms with van der Waals surface area (Å²) in [6.45, 7) is 14.1. The molecule has 0 aromatic rings. The number of carbonyl (C=O) groups is 1. The molecule has 1 amide bonds. The van der Waals surface area contributed by atoms with Gasteiger partial charge in [0.05, 0.1) is 0 Å². The fraction of sp³-hybridized carbons (Fsp3) is 0.938. The lowest BCUT2D eigenvalue weighted by molar-refractivity contribution is -0.133. The summed E-state index contributed by atoms with van der Waals surface area (Å²) in [5.74, 6) is 1.85. The number of rotatable bonds is 7. The van der Waals surface area contributed by atoms with E-state index in [4.69, 9.17) is 0 Å². The maximum Gasteiger partial charge on any atom is 0.222 e. The van der Waals surface area contributed by atoms with Crippen LogP contribution in [0.5, 0.6) is 0 Å². The van der Waals surface area contributed by atoms with Gasteiger partial charge in [0, 0.05) is 32.6 Å². The van der Waals surface area contributed by atoms with Crippen LogP contribution in [-0.2, 0) is 4.79 Å². The van der Waals surface area contributed by atoms with E-state index in [2.05, 4.69) is 37.5 Å². The minimum absolute atomic E-state index is 0.365. The van der Waals surface area contributed by atoms with Crippen molar-refractivity contribution >= 4 is 5.91 Å². The molecule has 0 unspecified atom stereocenters. The van der Waals surface area contributed by atoms with Crippen molar-refractivity contribution in [1.82, 2.24) is 9.80 Å². The van der Waals surface area contributed by atoms with Crippen molar-refractivity contribution in [2.24, 2.45) is 11.8 Å². The van der Waals surface area contributed by atoms with E-state index in [1.54, 1.807) is 0 Å².